The van der Waals surface area contributed by atoms with Crippen LogP contribution in [-0.2, 0) is 14.8 Å². The zero-order chi connectivity index (χ0) is 16.9. The van der Waals surface area contributed by atoms with E-state index in [0.29, 0.717) is 4.47 Å². The van der Waals surface area contributed by atoms with Crippen molar-refractivity contribution < 1.29 is 22.3 Å². The number of benzene rings is 2. The molecule has 0 fully saturated rings. The zero-order valence-corrected chi connectivity index (χ0v) is 14.0. The number of amides is 1. The van der Waals surface area contributed by atoms with E-state index in [1.165, 1.54) is 24.3 Å². The molecule has 0 bridgehead atoms. The van der Waals surface area contributed by atoms with Crippen LogP contribution < -0.4 is 15.0 Å². The standard InChI is InChI=1S/C14H12BrFN2O4S/c15-10-5-1-4-8-13(10)23(20,21)18-17-14(19)9-22-12-7-3-2-6-11(12)16/h1-8,18H,9H2,(H,17,19). The quantitative estimate of drug-likeness (QED) is 0.723. The van der Waals surface area contributed by atoms with Gasteiger partial charge in [0.1, 0.15) is 0 Å². The third kappa shape index (κ3) is 4.75. The number of carbonyl (C=O) groups is 1. The number of hydrogen-bond acceptors (Lipinski definition) is 4. The molecule has 0 unspecified atom stereocenters. The summed E-state index contributed by atoms with van der Waals surface area (Å²) in [7, 11) is -3.94. The number of hydrogen-bond donors (Lipinski definition) is 2. The van der Waals surface area contributed by atoms with E-state index in [0.717, 1.165) is 0 Å². The van der Waals surface area contributed by atoms with E-state index in [9.17, 15) is 17.6 Å². The first kappa shape index (κ1) is 17.4. The Morgan fingerprint density at radius 2 is 1.78 bits per heavy atom. The molecule has 2 aromatic rings. The number of ether oxygens (including phenoxy) is 1. The molecule has 0 spiro atoms. The minimum absolute atomic E-state index is 0.0321. The lowest BCUT2D eigenvalue weighted by atomic mass is 10.3. The number of para-hydroxylation sites is 1. The Balaban J connectivity index is 1.92. The fourth-order valence-electron chi connectivity index (χ4n) is 1.58. The van der Waals surface area contributed by atoms with Crippen LogP contribution in [0, 0.1) is 5.82 Å². The van der Waals surface area contributed by atoms with Crippen LogP contribution in [0.5, 0.6) is 5.75 Å². The van der Waals surface area contributed by atoms with Crippen molar-refractivity contribution in [1.82, 2.24) is 10.3 Å². The third-order valence-electron chi connectivity index (χ3n) is 2.65. The van der Waals surface area contributed by atoms with Crippen LogP contribution in [0.3, 0.4) is 0 Å². The lowest BCUT2D eigenvalue weighted by molar-refractivity contribution is -0.123. The lowest BCUT2D eigenvalue weighted by Crippen LogP contribution is -2.43. The fraction of sp³-hybridized carbons (Fsp3) is 0.0714. The summed E-state index contributed by atoms with van der Waals surface area (Å²) < 4.78 is 42.7. The van der Waals surface area contributed by atoms with Gasteiger partial charge in [0, 0.05) is 4.47 Å². The van der Waals surface area contributed by atoms with E-state index in [-0.39, 0.29) is 10.6 Å². The topological polar surface area (TPSA) is 84.5 Å². The van der Waals surface area contributed by atoms with Gasteiger partial charge in [-0.1, -0.05) is 24.3 Å². The molecule has 0 saturated heterocycles. The van der Waals surface area contributed by atoms with Gasteiger partial charge in [0.15, 0.2) is 18.2 Å². The Hall–Kier alpha value is -1.97. The van der Waals surface area contributed by atoms with Gasteiger partial charge in [0.05, 0.1) is 4.90 Å². The molecule has 0 atom stereocenters. The van der Waals surface area contributed by atoms with Crippen molar-refractivity contribution >= 4 is 31.9 Å². The van der Waals surface area contributed by atoms with Crippen molar-refractivity contribution in [3.8, 4) is 5.75 Å². The molecule has 6 nitrogen and oxygen atoms in total. The molecule has 0 saturated carbocycles. The number of hydrazine groups is 1. The molecule has 9 heteroatoms. The molecule has 2 rings (SSSR count). The Morgan fingerprint density at radius 3 is 2.48 bits per heavy atom. The van der Waals surface area contributed by atoms with Gasteiger partial charge in [-0.2, -0.15) is 0 Å². The summed E-state index contributed by atoms with van der Waals surface area (Å²) in [5.74, 6) is -1.49. The van der Waals surface area contributed by atoms with E-state index >= 15 is 0 Å². The van der Waals surface area contributed by atoms with Crippen LogP contribution in [-0.4, -0.2) is 20.9 Å². The number of carbonyl (C=O) groups excluding carboxylic acids is 1. The van der Waals surface area contributed by atoms with Gasteiger partial charge in [-0.25, -0.2) is 12.8 Å². The first-order valence-electron chi connectivity index (χ1n) is 6.32. The Bertz CT molecular complexity index is 814. The number of sulfonamides is 1. The Kier molecular flexibility index (Phi) is 5.69. The van der Waals surface area contributed by atoms with Crippen LogP contribution in [0.25, 0.3) is 0 Å². The van der Waals surface area contributed by atoms with Gasteiger partial charge >= 0.3 is 0 Å². The van der Waals surface area contributed by atoms with Gasteiger partial charge in [0.2, 0.25) is 0 Å². The maximum Gasteiger partial charge on any atom is 0.272 e. The predicted octanol–water partition coefficient (Wildman–Crippen LogP) is 1.98. The van der Waals surface area contributed by atoms with Crippen LogP contribution in [0.2, 0.25) is 0 Å². The lowest BCUT2D eigenvalue weighted by Gasteiger charge is -2.10. The maximum absolute atomic E-state index is 13.3. The molecule has 0 heterocycles. The number of halogens is 2. The van der Waals surface area contributed by atoms with Gasteiger partial charge in [-0.15, -0.1) is 4.83 Å². The summed E-state index contributed by atoms with van der Waals surface area (Å²) in [5.41, 5.74) is 1.99. The molecule has 1 amide bonds. The van der Waals surface area contributed by atoms with E-state index in [2.05, 4.69) is 15.9 Å². The van der Waals surface area contributed by atoms with E-state index < -0.39 is 28.4 Å². The van der Waals surface area contributed by atoms with Crippen LogP contribution in [0.1, 0.15) is 0 Å². The van der Waals surface area contributed by atoms with E-state index in [1.807, 2.05) is 10.3 Å². The van der Waals surface area contributed by atoms with Crippen LogP contribution >= 0.6 is 15.9 Å². The molecule has 0 aliphatic carbocycles. The minimum Gasteiger partial charge on any atom is -0.481 e. The highest BCUT2D eigenvalue weighted by molar-refractivity contribution is 9.10. The average molecular weight is 403 g/mol. The molecule has 0 aromatic heterocycles. The van der Waals surface area contributed by atoms with Crippen LogP contribution in [0.15, 0.2) is 57.9 Å². The monoisotopic (exact) mass is 402 g/mol. The molecule has 122 valence electrons. The second-order valence-electron chi connectivity index (χ2n) is 4.30. The van der Waals surface area contributed by atoms with Crippen molar-refractivity contribution in [3.63, 3.8) is 0 Å². The van der Waals surface area contributed by atoms with E-state index in [4.69, 9.17) is 4.74 Å². The largest absolute Gasteiger partial charge is 0.481 e. The molecule has 0 aliphatic rings. The van der Waals surface area contributed by atoms with Gasteiger partial charge < -0.3 is 4.74 Å². The van der Waals surface area contributed by atoms with Gasteiger partial charge in [-0.3, -0.25) is 10.2 Å². The van der Waals surface area contributed by atoms with Crippen molar-refractivity contribution in [1.29, 1.82) is 0 Å². The molecule has 2 N–H and O–H groups in total. The van der Waals surface area contributed by atoms with Gasteiger partial charge in [-0.05, 0) is 40.2 Å². The zero-order valence-electron chi connectivity index (χ0n) is 11.6. The van der Waals surface area contributed by atoms with Crippen molar-refractivity contribution in [2.45, 2.75) is 4.90 Å². The molecule has 0 radical (unpaired) electrons. The SMILES string of the molecule is O=C(COc1ccccc1F)NNS(=O)(=O)c1ccccc1Br. The first-order chi connectivity index (χ1) is 10.9. The Labute approximate surface area is 140 Å². The maximum atomic E-state index is 13.3. The van der Waals surface area contributed by atoms with Gasteiger partial charge in [0.25, 0.3) is 15.9 Å². The summed E-state index contributed by atoms with van der Waals surface area (Å²) >= 11 is 3.11. The summed E-state index contributed by atoms with van der Waals surface area (Å²) in [6.45, 7) is -0.542. The third-order valence-corrected chi connectivity index (χ3v) is 4.91. The van der Waals surface area contributed by atoms with Crippen LogP contribution in [0.4, 0.5) is 4.39 Å². The molecule has 23 heavy (non-hydrogen) atoms. The highest BCUT2D eigenvalue weighted by Crippen LogP contribution is 2.20. The van der Waals surface area contributed by atoms with Crippen molar-refractivity contribution in [2.24, 2.45) is 0 Å². The Morgan fingerprint density at radius 1 is 1.13 bits per heavy atom. The second-order valence-corrected chi connectivity index (χ2v) is 6.81. The predicted molar refractivity (Wildman–Crippen MR) is 84.5 cm³/mol. The molecule has 2 aromatic carbocycles. The highest BCUT2D eigenvalue weighted by Gasteiger charge is 2.18. The van der Waals surface area contributed by atoms with E-state index in [1.54, 1.807) is 24.3 Å². The highest BCUT2D eigenvalue weighted by atomic mass is 79.9. The smallest absolute Gasteiger partial charge is 0.272 e. The summed E-state index contributed by atoms with van der Waals surface area (Å²) in [4.78, 5) is 13.5. The fourth-order valence-corrected chi connectivity index (χ4v) is 3.45. The molecule has 0 aliphatic heterocycles. The van der Waals surface area contributed by atoms with Crippen molar-refractivity contribution in [2.75, 3.05) is 6.61 Å². The molecular formula is C14H12BrFN2O4S. The second kappa shape index (κ2) is 7.53. The van der Waals surface area contributed by atoms with Crippen molar-refractivity contribution in [3.05, 3.63) is 58.8 Å². The summed E-state index contributed by atoms with van der Waals surface area (Å²) in [5, 5.41) is 0. The average Bonchev–Trinajstić information content (AvgIpc) is 2.52. The normalized spacial score (nSPS) is 11.0. The number of nitrogens with one attached hydrogen (secondary N) is 2. The summed E-state index contributed by atoms with van der Waals surface area (Å²) in [6, 6.07) is 11.7. The first-order valence-corrected chi connectivity index (χ1v) is 8.60. The minimum atomic E-state index is -3.94. The number of rotatable bonds is 6. The molecular weight excluding hydrogens is 391 g/mol. The summed E-state index contributed by atoms with van der Waals surface area (Å²) in [6.07, 6.45) is 0.